The monoisotopic (exact) mass is 194 g/mol. The van der Waals surface area contributed by atoms with Crippen LogP contribution in [0.2, 0.25) is 0 Å². The van der Waals surface area contributed by atoms with Crippen LogP contribution < -0.4 is 10.2 Å². The van der Waals surface area contributed by atoms with E-state index in [-0.39, 0.29) is 0 Å². The standard InChI is InChI=1S/C10H18N4/c1-4-11-5-6-14(3)10-12-7-9(2)8-13-10/h7-8,11H,4-6H2,1-3H3. The first-order valence-electron chi connectivity index (χ1n) is 4.94. The second kappa shape index (κ2) is 5.54. The molecule has 78 valence electrons. The van der Waals surface area contributed by atoms with Gasteiger partial charge in [0.05, 0.1) is 0 Å². The molecule has 0 bridgehead atoms. The first kappa shape index (κ1) is 10.9. The molecule has 0 aliphatic carbocycles. The molecule has 1 heterocycles. The van der Waals surface area contributed by atoms with Crippen LogP contribution in [0.4, 0.5) is 5.95 Å². The van der Waals surface area contributed by atoms with Gasteiger partial charge in [-0.1, -0.05) is 6.92 Å². The van der Waals surface area contributed by atoms with E-state index in [9.17, 15) is 0 Å². The van der Waals surface area contributed by atoms with Crippen molar-refractivity contribution in [2.75, 3.05) is 31.6 Å². The van der Waals surface area contributed by atoms with Gasteiger partial charge in [-0.3, -0.25) is 0 Å². The van der Waals surface area contributed by atoms with Gasteiger partial charge in [-0.15, -0.1) is 0 Å². The molecule has 0 radical (unpaired) electrons. The van der Waals surface area contributed by atoms with Gasteiger partial charge in [-0.05, 0) is 19.0 Å². The summed E-state index contributed by atoms with van der Waals surface area (Å²) >= 11 is 0. The number of nitrogens with one attached hydrogen (secondary N) is 1. The van der Waals surface area contributed by atoms with Gasteiger partial charge in [0.2, 0.25) is 5.95 Å². The lowest BCUT2D eigenvalue weighted by atomic mass is 10.4. The number of nitrogens with zero attached hydrogens (tertiary/aromatic N) is 3. The Hall–Kier alpha value is -1.16. The van der Waals surface area contributed by atoms with E-state index in [1.165, 1.54) is 0 Å². The summed E-state index contributed by atoms with van der Waals surface area (Å²) < 4.78 is 0. The zero-order chi connectivity index (χ0) is 10.4. The second-order valence-electron chi connectivity index (χ2n) is 3.34. The van der Waals surface area contributed by atoms with Gasteiger partial charge in [-0.2, -0.15) is 0 Å². The number of rotatable bonds is 5. The highest BCUT2D eigenvalue weighted by atomic mass is 15.2. The molecule has 0 fully saturated rings. The molecule has 14 heavy (non-hydrogen) atoms. The van der Waals surface area contributed by atoms with Crippen LogP contribution in [0.5, 0.6) is 0 Å². The van der Waals surface area contributed by atoms with E-state index in [2.05, 4.69) is 22.2 Å². The van der Waals surface area contributed by atoms with Gasteiger partial charge in [-0.25, -0.2) is 9.97 Å². The van der Waals surface area contributed by atoms with E-state index in [1.54, 1.807) is 0 Å². The Morgan fingerprint density at radius 3 is 2.57 bits per heavy atom. The van der Waals surface area contributed by atoms with Crippen LogP contribution >= 0.6 is 0 Å². The Labute approximate surface area is 85.4 Å². The van der Waals surface area contributed by atoms with Crippen molar-refractivity contribution in [3.8, 4) is 0 Å². The lowest BCUT2D eigenvalue weighted by Gasteiger charge is -2.16. The highest BCUT2D eigenvalue weighted by molar-refractivity contribution is 5.27. The van der Waals surface area contributed by atoms with Gasteiger partial charge in [0.1, 0.15) is 0 Å². The van der Waals surface area contributed by atoms with E-state index in [4.69, 9.17) is 0 Å². The normalized spacial score (nSPS) is 10.2. The average Bonchev–Trinajstić information content (AvgIpc) is 2.19. The molecule has 0 saturated carbocycles. The number of aromatic nitrogens is 2. The van der Waals surface area contributed by atoms with E-state index < -0.39 is 0 Å². The van der Waals surface area contributed by atoms with E-state index in [0.29, 0.717) is 0 Å². The minimum atomic E-state index is 0.786. The van der Waals surface area contributed by atoms with Crippen LogP contribution in [0.1, 0.15) is 12.5 Å². The quantitative estimate of drug-likeness (QED) is 0.705. The topological polar surface area (TPSA) is 41.0 Å². The molecule has 0 atom stereocenters. The third-order valence-corrected chi connectivity index (χ3v) is 1.98. The number of aryl methyl sites for hydroxylation is 1. The highest BCUT2D eigenvalue weighted by Crippen LogP contribution is 2.02. The Bertz CT molecular complexity index is 257. The minimum Gasteiger partial charge on any atom is -0.343 e. The molecule has 0 aliphatic rings. The summed E-state index contributed by atoms with van der Waals surface area (Å²) in [6.45, 7) is 6.98. The van der Waals surface area contributed by atoms with Crippen LogP contribution in [0.15, 0.2) is 12.4 Å². The number of likely N-dealkylation sites (N-methyl/N-ethyl adjacent to an activating group) is 2. The fourth-order valence-corrected chi connectivity index (χ4v) is 1.11. The molecular formula is C10H18N4. The Balaban J connectivity index is 2.43. The molecular weight excluding hydrogens is 176 g/mol. The van der Waals surface area contributed by atoms with Crippen molar-refractivity contribution in [3.63, 3.8) is 0 Å². The summed E-state index contributed by atoms with van der Waals surface area (Å²) in [5, 5.41) is 3.26. The van der Waals surface area contributed by atoms with Crippen LogP contribution in [0, 0.1) is 6.92 Å². The molecule has 0 amide bonds. The first-order chi connectivity index (χ1) is 6.74. The number of hydrogen-bond acceptors (Lipinski definition) is 4. The van der Waals surface area contributed by atoms with Crippen molar-refractivity contribution in [2.45, 2.75) is 13.8 Å². The maximum absolute atomic E-state index is 4.24. The van der Waals surface area contributed by atoms with Crippen molar-refractivity contribution in [1.82, 2.24) is 15.3 Å². The summed E-state index contributed by atoms with van der Waals surface area (Å²) in [5.41, 5.74) is 1.09. The van der Waals surface area contributed by atoms with E-state index in [1.807, 2.05) is 31.3 Å². The predicted molar refractivity (Wildman–Crippen MR) is 58.6 cm³/mol. The van der Waals surface area contributed by atoms with Gasteiger partial charge in [0.15, 0.2) is 0 Å². The van der Waals surface area contributed by atoms with Crippen molar-refractivity contribution in [2.24, 2.45) is 0 Å². The summed E-state index contributed by atoms with van der Waals surface area (Å²) in [6.07, 6.45) is 3.68. The summed E-state index contributed by atoms with van der Waals surface area (Å²) in [4.78, 5) is 10.5. The second-order valence-corrected chi connectivity index (χ2v) is 3.34. The number of anilines is 1. The van der Waals surface area contributed by atoms with Gasteiger partial charge in [0, 0.05) is 32.5 Å². The van der Waals surface area contributed by atoms with Gasteiger partial charge in [0.25, 0.3) is 0 Å². The third kappa shape index (κ3) is 3.30. The molecule has 0 aromatic carbocycles. The molecule has 0 spiro atoms. The molecule has 1 N–H and O–H groups in total. The summed E-state index contributed by atoms with van der Waals surface area (Å²) in [5.74, 6) is 0.786. The van der Waals surface area contributed by atoms with Crippen LogP contribution in [-0.2, 0) is 0 Å². The van der Waals surface area contributed by atoms with E-state index >= 15 is 0 Å². The first-order valence-corrected chi connectivity index (χ1v) is 4.94. The lowest BCUT2D eigenvalue weighted by molar-refractivity contribution is 0.698. The summed E-state index contributed by atoms with van der Waals surface area (Å²) in [6, 6.07) is 0. The van der Waals surface area contributed by atoms with Gasteiger partial charge < -0.3 is 10.2 Å². The minimum absolute atomic E-state index is 0.786. The molecule has 0 unspecified atom stereocenters. The fourth-order valence-electron chi connectivity index (χ4n) is 1.11. The molecule has 0 saturated heterocycles. The van der Waals surface area contributed by atoms with Crippen LogP contribution in [0.25, 0.3) is 0 Å². The van der Waals surface area contributed by atoms with Crippen LogP contribution in [-0.4, -0.2) is 36.6 Å². The molecule has 1 aromatic rings. The fraction of sp³-hybridized carbons (Fsp3) is 0.600. The number of hydrogen-bond donors (Lipinski definition) is 1. The Morgan fingerprint density at radius 1 is 1.36 bits per heavy atom. The summed E-state index contributed by atoms with van der Waals surface area (Å²) in [7, 11) is 2.00. The van der Waals surface area contributed by atoms with Crippen molar-refractivity contribution in [3.05, 3.63) is 18.0 Å². The lowest BCUT2D eigenvalue weighted by Crippen LogP contribution is -2.30. The van der Waals surface area contributed by atoms with Crippen molar-refractivity contribution < 1.29 is 0 Å². The zero-order valence-electron chi connectivity index (χ0n) is 9.12. The largest absolute Gasteiger partial charge is 0.343 e. The maximum atomic E-state index is 4.24. The smallest absolute Gasteiger partial charge is 0.225 e. The highest BCUT2D eigenvalue weighted by Gasteiger charge is 2.01. The Morgan fingerprint density at radius 2 is 2.00 bits per heavy atom. The molecule has 1 rings (SSSR count). The van der Waals surface area contributed by atoms with Gasteiger partial charge >= 0.3 is 0 Å². The Kier molecular flexibility index (Phi) is 4.32. The molecule has 4 heteroatoms. The van der Waals surface area contributed by atoms with Crippen LogP contribution in [0.3, 0.4) is 0 Å². The van der Waals surface area contributed by atoms with Crippen molar-refractivity contribution in [1.29, 1.82) is 0 Å². The van der Waals surface area contributed by atoms with E-state index in [0.717, 1.165) is 31.1 Å². The average molecular weight is 194 g/mol. The molecule has 1 aromatic heterocycles. The molecule has 4 nitrogen and oxygen atoms in total. The zero-order valence-corrected chi connectivity index (χ0v) is 9.12. The maximum Gasteiger partial charge on any atom is 0.225 e. The van der Waals surface area contributed by atoms with Crippen molar-refractivity contribution >= 4 is 5.95 Å². The molecule has 0 aliphatic heterocycles. The predicted octanol–water partition coefficient (Wildman–Crippen LogP) is 0.831. The SMILES string of the molecule is CCNCCN(C)c1ncc(C)cn1. The third-order valence-electron chi connectivity index (χ3n) is 1.98.